The summed E-state index contributed by atoms with van der Waals surface area (Å²) in [5, 5.41) is 8.56. The van der Waals surface area contributed by atoms with E-state index in [1.54, 1.807) is 12.1 Å². The lowest BCUT2D eigenvalue weighted by Crippen LogP contribution is -2.14. The Bertz CT molecular complexity index is 796. The van der Waals surface area contributed by atoms with Crippen molar-refractivity contribution in [3.8, 4) is 11.8 Å². The fourth-order valence-electron chi connectivity index (χ4n) is 1.52. The summed E-state index contributed by atoms with van der Waals surface area (Å²) in [7, 11) is -3.92. The average molecular weight is 306 g/mol. The van der Waals surface area contributed by atoms with Crippen molar-refractivity contribution in [3.63, 3.8) is 0 Å². The lowest BCUT2D eigenvalue weighted by molar-refractivity contribution is 0.350. The molecule has 1 heterocycles. The zero-order chi connectivity index (χ0) is 15.3. The van der Waals surface area contributed by atoms with Gasteiger partial charge in [0.15, 0.2) is 0 Å². The van der Waals surface area contributed by atoms with Crippen LogP contribution in [0.15, 0.2) is 47.5 Å². The molecule has 0 aliphatic carbocycles. The van der Waals surface area contributed by atoms with E-state index in [1.807, 2.05) is 0 Å². The zero-order valence-corrected chi connectivity index (χ0v) is 11.6. The maximum absolute atomic E-state index is 13.8. The first kappa shape index (κ1) is 15.0. The number of aliphatic hydroxyl groups excluding tert-OH is 1. The van der Waals surface area contributed by atoms with Gasteiger partial charge in [-0.05, 0) is 30.3 Å². The number of anilines is 1. The van der Waals surface area contributed by atoms with Crippen LogP contribution in [0.2, 0.25) is 0 Å². The lowest BCUT2D eigenvalue weighted by Gasteiger charge is -2.07. The molecule has 0 atom stereocenters. The molecule has 0 aliphatic heterocycles. The molecule has 21 heavy (non-hydrogen) atoms. The van der Waals surface area contributed by atoms with E-state index >= 15 is 0 Å². The summed E-state index contributed by atoms with van der Waals surface area (Å²) in [6.07, 6.45) is 1.44. The molecule has 0 fully saturated rings. The van der Waals surface area contributed by atoms with E-state index in [0.717, 1.165) is 6.07 Å². The van der Waals surface area contributed by atoms with Crippen LogP contribution in [0.4, 0.5) is 10.2 Å². The summed E-state index contributed by atoms with van der Waals surface area (Å²) in [5.74, 6) is 4.05. The molecule has 108 valence electrons. The third-order valence-corrected chi connectivity index (χ3v) is 3.81. The Morgan fingerprint density at radius 3 is 2.71 bits per heavy atom. The Hall–Kier alpha value is -2.43. The number of halogens is 1. The van der Waals surface area contributed by atoms with Gasteiger partial charge in [0.05, 0.1) is 10.5 Å². The molecular weight excluding hydrogens is 295 g/mol. The van der Waals surface area contributed by atoms with E-state index in [-0.39, 0.29) is 16.3 Å². The number of nitrogens with one attached hydrogen (secondary N) is 1. The molecule has 0 amide bonds. The van der Waals surface area contributed by atoms with Gasteiger partial charge in [-0.1, -0.05) is 17.9 Å². The Morgan fingerprint density at radius 2 is 2.10 bits per heavy atom. The molecule has 1 aromatic heterocycles. The van der Waals surface area contributed by atoms with Crippen LogP contribution in [-0.2, 0) is 10.0 Å². The fraction of sp³-hybridized carbons (Fsp3) is 0.0714. The highest BCUT2D eigenvalue weighted by atomic mass is 32.2. The van der Waals surface area contributed by atoms with Crippen molar-refractivity contribution in [2.75, 3.05) is 11.3 Å². The molecule has 0 radical (unpaired) electrons. The molecular formula is C14H11FN2O3S. The van der Waals surface area contributed by atoms with Crippen LogP contribution < -0.4 is 4.72 Å². The van der Waals surface area contributed by atoms with Crippen LogP contribution in [0.3, 0.4) is 0 Å². The SMILES string of the molecule is O=S(=O)(Nc1ccccn1)c1ccc(C#CCO)c(F)c1. The molecule has 7 heteroatoms. The number of sulfonamides is 1. The molecule has 2 aromatic rings. The van der Waals surface area contributed by atoms with Gasteiger partial charge in [0.25, 0.3) is 10.0 Å². The fourth-order valence-corrected chi connectivity index (χ4v) is 2.54. The van der Waals surface area contributed by atoms with Gasteiger partial charge in [0.2, 0.25) is 0 Å². The standard InChI is InChI=1S/C14H11FN2O3S/c15-13-10-12(7-6-11(13)4-3-9-18)21(19,20)17-14-5-1-2-8-16-14/h1-2,5-8,10,18H,9H2,(H,16,17). The molecule has 2 rings (SSSR count). The summed E-state index contributed by atoms with van der Waals surface area (Å²) >= 11 is 0. The molecule has 1 aromatic carbocycles. The summed E-state index contributed by atoms with van der Waals surface area (Å²) in [6, 6.07) is 8.09. The molecule has 2 N–H and O–H groups in total. The van der Waals surface area contributed by atoms with Crippen LogP contribution in [0.5, 0.6) is 0 Å². The normalized spacial score (nSPS) is 10.6. The van der Waals surface area contributed by atoms with Crippen LogP contribution in [-0.4, -0.2) is 25.1 Å². The number of nitrogens with zero attached hydrogens (tertiary/aromatic N) is 1. The second-order valence-corrected chi connectivity index (χ2v) is 5.60. The number of hydrogen-bond acceptors (Lipinski definition) is 4. The number of rotatable bonds is 3. The number of aliphatic hydroxyl groups is 1. The van der Waals surface area contributed by atoms with Crippen molar-refractivity contribution < 1.29 is 17.9 Å². The van der Waals surface area contributed by atoms with Crippen molar-refractivity contribution >= 4 is 15.8 Å². The largest absolute Gasteiger partial charge is 0.384 e. The lowest BCUT2D eigenvalue weighted by atomic mass is 10.2. The van der Waals surface area contributed by atoms with Gasteiger partial charge in [-0.2, -0.15) is 0 Å². The molecule has 0 unspecified atom stereocenters. The number of benzene rings is 1. The van der Waals surface area contributed by atoms with Gasteiger partial charge in [0.1, 0.15) is 18.2 Å². The second-order valence-electron chi connectivity index (χ2n) is 3.92. The van der Waals surface area contributed by atoms with Crippen molar-refractivity contribution in [2.45, 2.75) is 4.90 Å². The Morgan fingerprint density at radius 1 is 1.29 bits per heavy atom. The summed E-state index contributed by atoms with van der Waals surface area (Å²) in [4.78, 5) is 3.60. The number of pyridine rings is 1. The van der Waals surface area contributed by atoms with Gasteiger partial charge in [0, 0.05) is 6.20 Å². The highest BCUT2D eigenvalue weighted by molar-refractivity contribution is 7.92. The molecule has 0 bridgehead atoms. The van der Waals surface area contributed by atoms with E-state index < -0.39 is 22.4 Å². The zero-order valence-electron chi connectivity index (χ0n) is 10.7. The van der Waals surface area contributed by atoms with Crippen molar-refractivity contribution in [1.82, 2.24) is 4.98 Å². The first-order valence-corrected chi connectivity index (χ1v) is 7.34. The summed E-state index contributed by atoms with van der Waals surface area (Å²) in [5.41, 5.74) is 0.0147. The van der Waals surface area contributed by atoms with Gasteiger partial charge in [-0.15, -0.1) is 0 Å². The van der Waals surface area contributed by atoms with Gasteiger partial charge in [-0.3, -0.25) is 4.72 Å². The van der Waals surface area contributed by atoms with E-state index in [4.69, 9.17) is 5.11 Å². The highest BCUT2D eigenvalue weighted by Gasteiger charge is 2.16. The molecule has 0 saturated heterocycles. The summed E-state index contributed by atoms with van der Waals surface area (Å²) < 4.78 is 40.2. The van der Waals surface area contributed by atoms with Crippen molar-refractivity contribution in [1.29, 1.82) is 0 Å². The van der Waals surface area contributed by atoms with Crippen LogP contribution in [0, 0.1) is 17.7 Å². The van der Waals surface area contributed by atoms with Gasteiger partial charge >= 0.3 is 0 Å². The van der Waals surface area contributed by atoms with E-state index in [0.29, 0.717) is 0 Å². The summed E-state index contributed by atoms with van der Waals surface area (Å²) in [6.45, 7) is -0.402. The molecule has 5 nitrogen and oxygen atoms in total. The third-order valence-electron chi connectivity index (χ3n) is 2.46. The predicted molar refractivity (Wildman–Crippen MR) is 75.4 cm³/mol. The second kappa shape index (κ2) is 6.35. The minimum Gasteiger partial charge on any atom is -0.384 e. The Kier molecular flexibility index (Phi) is 4.52. The smallest absolute Gasteiger partial charge is 0.263 e. The minimum atomic E-state index is -3.92. The highest BCUT2D eigenvalue weighted by Crippen LogP contribution is 2.17. The Balaban J connectivity index is 2.31. The third kappa shape index (κ3) is 3.78. The van der Waals surface area contributed by atoms with Crippen LogP contribution in [0.25, 0.3) is 0 Å². The van der Waals surface area contributed by atoms with Crippen LogP contribution >= 0.6 is 0 Å². The van der Waals surface area contributed by atoms with Gasteiger partial charge < -0.3 is 5.11 Å². The van der Waals surface area contributed by atoms with E-state index in [2.05, 4.69) is 21.5 Å². The first-order chi connectivity index (χ1) is 10.0. The maximum atomic E-state index is 13.8. The predicted octanol–water partition coefficient (Wildman–Crippen LogP) is 1.37. The van der Waals surface area contributed by atoms with Crippen molar-refractivity contribution in [3.05, 3.63) is 54.0 Å². The van der Waals surface area contributed by atoms with Crippen LogP contribution in [0.1, 0.15) is 5.56 Å². The minimum absolute atomic E-state index is 0.0147. The molecule has 0 aliphatic rings. The average Bonchev–Trinajstić information content (AvgIpc) is 2.46. The quantitative estimate of drug-likeness (QED) is 0.839. The number of aromatic nitrogens is 1. The molecule has 0 spiro atoms. The van der Waals surface area contributed by atoms with E-state index in [1.165, 1.54) is 24.4 Å². The van der Waals surface area contributed by atoms with Gasteiger partial charge in [-0.25, -0.2) is 17.8 Å². The number of hydrogen-bond donors (Lipinski definition) is 2. The topological polar surface area (TPSA) is 79.3 Å². The monoisotopic (exact) mass is 306 g/mol. The first-order valence-electron chi connectivity index (χ1n) is 5.86. The molecule has 0 saturated carbocycles. The van der Waals surface area contributed by atoms with E-state index in [9.17, 15) is 12.8 Å². The van der Waals surface area contributed by atoms with Crippen molar-refractivity contribution in [2.24, 2.45) is 0 Å². The maximum Gasteiger partial charge on any atom is 0.263 e. The Labute approximate surface area is 121 Å².